The molecule has 0 amide bonds. The number of halogens is 1. The molecule has 1 aromatic carbocycles. The van der Waals surface area contributed by atoms with Gasteiger partial charge in [0.15, 0.2) is 0 Å². The highest BCUT2D eigenvalue weighted by Crippen LogP contribution is 2.24. The number of hydrogen-bond acceptors (Lipinski definition) is 3. The quantitative estimate of drug-likeness (QED) is 0.336. The molecular weight excluding hydrogens is 298 g/mol. The highest BCUT2D eigenvalue weighted by atomic mass is 35.5. The van der Waals surface area contributed by atoms with Crippen LogP contribution in [-0.4, -0.2) is 12.6 Å². The predicted octanol–water partition coefficient (Wildman–Crippen LogP) is 4.88. The van der Waals surface area contributed by atoms with Crippen molar-refractivity contribution < 1.29 is 9.53 Å². The fourth-order valence-electron chi connectivity index (χ4n) is 1.83. The molecule has 0 radical (unpaired) electrons. The summed E-state index contributed by atoms with van der Waals surface area (Å²) in [5.74, 6) is -0.195. The van der Waals surface area contributed by atoms with E-state index in [9.17, 15) is 4.79 Å². The fourth-order valence-corrected chi connectivity index (χ4v) is 2.09. The molecule has 0 bridgehead atoms. The molecule has 4 heteroatoms. The van der Waals surface area contributed by atoms with Gasteiger partial charge in [-0.05, 0) is 42.5 Å². The van der Waals surface area contributed by atoms with Crippen molar-refractivity contribution in [3.63, 3.8) is 0 Å². The summed E-state index contributed by atoms with van der Waals surface area (Å²) in [6, 6.07) is 7.76. The summed E-state index contributed by atoms with van der Waals surface area (Å²) in [6.45, 7) is 7.85. The summed E-state index contributed by atoms with van der Waals surface area (Å²) in [5.41, 5.74) is 2.56. The van der Waals surface area contributed by atoms with Crippen LogP contribution in [0.5, 0.6) is 0 Å². The summed E-state index contributed by atoms with van der Waals surface area (Å²) >= 11 is 6.26. The maximum absolute atomic E-state index is 11.7. The first-order chi connectivity index (χ1) is 10.4. The zero-order valence-corrected chi connectivity index (χ0v) is 14.1. The van der Waals surface area contributed by atoms with E-state index in [0.29, 0.717) is 16.5 Å². The van der Waals surface area contributed by atoms with Gasteiger partial charge >= 0.3 is 5.97 Å². The number of carbonyl (C=O) groups excluding carboxylic acids is 1. The standard InChI is InChI=1S/C18H20ClNO2/c1-5-22-18(21)16(11-20)13(4)6-7-14-8-9-15(12(2)3)10-17(14)19/h6-10,12H,5H2,1-4H3. The van der Waals surface area contributed by atoms with Crippen LogP contribution in [0, 0.1) is 11.3 Å². The summed E-state index contributed by atoms with van der Waals surface area (Å²) in [7, 11) is 0. The molecule has 1 rings (SSSR count). The van der Waals surface area contributed by atoms with Gasteiger partial charge in [-0.15, -0.1) is 0 Å². The average Bonchev–Trinajstić information content (AvgIpc) is 2.46. The molecular formula is C18H20ClNO2. The van der Waals surface area contributed by atoms with Crippen molar-refractivity contribution in [2.75, 3.05) is 6.61 Å². The summed E-state index contributed by atoms with van der Waals surface area (Å²) in [6.07, 6.45) is 3.49. The second kappa shape index (κ2) is 8.41. The number of nitrogens with zero attached hydrogens (tertiary/aromatic N) is 1. The number of ether oxygens (including phenoxy) is 1. The Kier molecular flexibility index (Phi) is 6.88. The average molecular weight is 318 g/mol. The molecule has 0 aliphatic rings. The molecule has 0 N–H and O–H groups in total. The van der Waals surface area contributed by atoms with Crippen LogP contribution in [0.1, 0.15) is 44.7 Å². The van der Waals surface area contributed by atoms with Gasteiger partial charge in [0.2, 0.25) is 0 Å². The number of carbonyl (C=O) groups is 1. The number of allylic oxidation sites excluding steroid dienone is 2. The van der Waals surface area contributed by atoms with E-state index in [1.165, 1.54) is 5.56 Å². The first kappa shape index (κ1) is 18.0. The lowest BCUT2D eigenvalue weighted by Gasteiger charge is -2.07. The Morgan fingerprint density at radius 1 is 1.45 bits per heavy atom. The van der Waals surface area contributed by atoms with Crippen molar-refractivity contribution >= 4 is 23.6 Å². The first-order valence-electron chi connectivity index (χ1n) is 7.16. The van der Waals surface area contributed by atoms with E-state index in [1.807, 2.05) is 24.3 Å². The highest BCUT2D eigenvalue weighted by Gasteiger charge is 2.12. The second-order valence-corrected chi connectivity index (χ2v) is 5.57. The predicted molar refractivity (Wildman–Crippen MR) is 89.5 cm³/mol. The lowest BCUT2D eigenvalue weighted by molar-refractivity contribution is -0.138. The lowest BCUT2D eigenvalue weighted by atomic mass is 10.0. The molecule has 0 saturated carbocycles. The monoisotopic (exact) mass is 317 g/mol. The van der Waals surface area contributed by atoms with Gasteiger partial charge in [-0.3, -0.25) is 0 Å². The third kappa shape index (κ3) is 4.75. The molecule has 0 saturated heterocycles. The van der Waals surface area contributed by atoms with E-state index in [0.717, 1.165) is 5.56 Å². The van der Waals surface area contributed by atoms with Crippen LogP contribution in [0.2, 0.25) is 5.02 Å². The molecule has 22 heavy (non-hydrogen) atoms. The minimum absolute atomic E-state index is 0.00743. The summed E-state index contributed by atoms with van der Waals surface area (Å²) in [5, 5.41) is 9.72. The minimum atomic E-state index is -0.603. The van der Waals surface area contributed by atoms with E-state index in [4.69, 9.17) is 21.6 Å². The van der Waals surface area contributed by atoms with E-state index >= 15 is 0 Å². The molecule has 0 atom stereocenters. The molecule has 116 valence electrons. The van der Waals surface area contributed by atoms with Gasteiger partial charge in [0, 0.05) is 5.02 Å². The zero-order valence-electron chi connectivity index (χ0n) is 13.3. The van der Waals surface area contributed by atoms with Crippen molar-refractivity contribution in [3.05, 3.63) is 51.6 Å². The van der Waals surface area contributed by atoms with Crippen LogP contribution >= 0.6 is 11.6 Å². The van der Waals surface area contributed by atoms with Gasteiger partial charge in [-0.1, -0.05) is 49.7 Å². The van der Waals surface area contributed by atoms with Crippen molar-refractivity contribution in [1.82, 2.24) is 0 Å². The van der Waals surface area contributed by atoms with Crippen LogP contribution in [-0.2, 0) is 9.53 Å². The summed E-state index contributed by atoms with van der Waals surface area (Å²) < 4.78 is 4.85. The zero-order chi connectivity index (χ0) is 16.7. The number of benzene rings is 1. The number of esters is 1. The number of hydrogen-bond donors (Lipinski definition) is 0. The van der Waals surface area contributed by atoms with Gasteiger partial charge in [-0.25, -0.2) is 4.79 Å². The van der Waals surface area contributed by atoms with E-state index < -0.39 is 5.97 Å². The van der Waals surface area contributed by atoms with E-state index in [2.05, 4.69) is 13.8 Å². The van der Waals surface area contributed by atoms with Gasteiger partial charge in [0.1, 0.15) is 11.6 Å². The van der Waals surface area contributed by atoms with Crippen LogP contribution in [0.3, 0.4) is 0 Å². The minimum Gasteiger partial charge on any atom is -0.462 e. The Bertz CT molecular complexity index is 652. The highest BCUT2D eigenvalue weighted by molar-refractivity contribution is 6.32. The molecule has 0 heterocycles. The molecule has 3 nitrogen and oxygen atoms in total. The van der Waals surface area contributed by atoms with Crippen LogP contribution < -0.4 is 0 Å². The topological polar surface area (TPSA) is 50.1 Å². The van der Waals surface area contributed by atoms with Gasteiger partial charge in [0.05, 0.1) is 6.61 Å². The Hall–Kier alpha value is -2.05. The third-order valence-electron chi connectivity index (χ3n) is 3.19. The van der Waals surface area contributed by atoms with Crippen LogP contribution in [0.25, 0.3) is 6.08 Å². The van der Waals surface area contributed by atoms with Crippen molar-refractivity contribution in [2.45, 2.75) is 33.6 Å². The molecule has 0 aromatic heterocycles. The molecule has 0 aliphatic heterocycles. The fraction of sp³-hybridized carbons (Fsp3) is 0.333. The molecule has 1 aromatic rings. The molecule has 0 aliphatic carbocycles. The van der Waals surface area contributed by atoms with Crippen molar-refractivity contribution in [1.29, 1.82) is 5.26 Å². The number of rotatable bonds is 5. The maximum atomic E-state index is 11.7. The van der Waals surface area contributed by atoms with Crippen LogP contribution in [0.15, 0.2) is 35.4 Å². The molecule has 0 spiro atoms. The third-order valence-corrected chi connectivity index (χ3v) is 3.52. The Morgan fingerprint density at radius 3 is 2.64 bits per heavy atom. The van der Waals surface area contributed by atoms with Crippen molar-refractivity contribution in [3.8, 4) is 6.07 Å². The van der Waals surface area contributed by atoms with Gasteiger partial charge < -0.3 is 4.74 Å². The molecule has 0 unspecified atom stereocenters. The van der Waals surface area contributed by atoms with E-state index in [-0.39, 0.29) is 12.2 Å². The van der Waals surface area contributed by atoms with E-state index in [1.54, 1.807) is 26.0 Å². The molecule has 0 fully saturated rings. The van der Waals surface area contributed by atoms with Crippen molar-refractivity contribution in [2.24, 2.45) is 0 Å². The van der Waals surface area contributed by atoms with Gasteiger partial charge in [-0.2, -0.15) is 5.26 Å². The number of nitriles is 1. The SMILES string of the molecule is CCOC(=O)C(C#N)=C(C)C=Cc1ccc(C(C)C)cc1Cl. The first-order valence-corrected chi connectivity index (χ1v) is 7.54. The lowest BCUT2D eigenvalue weighted by Crippen LogP contribution is -2.07. The Balaban J connectivity index is 3.05. The smallest absolute Gasteiger partial charge is 0.349 e. The summed E-state index contributed by atoms with van der Waals surface area (Å²) in [4.78, 5) is 11.7. The normalized spacial score (nSPS) is 12.2. The maximum Gasteiger partial charge on any atom is 0.349 e. The van der Waals surface area contributed by atoms with Gasteiger partial charge in [0.25, 0.3) is 0 Å². The van der Waals surface area contributed by atoms with Crippen LogP contribution in [0.4, 0.5) is 0 Å². The second-order valence-electron chi connectivity index (χ2n) is 5.16. The Morgan fingerprint density at radius 2 is 2.14 bits per heavy atom. The Labute approximate surface area is 136 Å². The largest absolute Gasteiger partial charge is 0.462 e.